The van der Waals surface area contributed by atoms with Crippen LogP contribution < -0.4 is 5.32 Å². The van der Waals surface area contributed by atoms with Crippen LogP contribution in [0.25, 0.3) is 0 Å². The molecular weight excluding hydrogens is 222 g/mol. The van der Waals surface area contributed by atoms with Crippen molar-refractivity contribution in [2.24, 2.45) is 0 Å². The van der Waals surface area contributed by atoms with E-state index in [-0.39, 0.29) is 0 Å². The molecule has 0 aromatic heterocycles. The molecule has 1 atom stereocenters. The van der Waals surface area contributed by atoms with Crippen LogP contribution in [0.1, 0.15) is 50.3 Å². The molecule has 18 heavy (non-hydrogen) atoms. The Labute approximate surface area is 112 Å². The Morgan fingerprint density at radius 2 is 2.11 bits per heavy atom. The van der Waals surface area contributed by atoms with Gasteiger partial charge >= 0.3 is 0 Å². The van der Waals surface area contributed by atoms with Gasteiger partial charge in [-0.15, -0.1) is 0 Å². The number of methoxy groups -OCH3 is 1. The van der Waals surface area contributed by atoms with Crippen molar-refractivity contribution in [2.45, 2.75) is 45.6 Å². The van der Waals surface area contributed by atoms with Gasteiger partial charge in [0.25, 0.3) is 0 Å². The first-order valence-electron chi connectivity index (χ1n) is 7.13. The monoisotopic (exact) mass is 249 g/mol. The van der Waals surface area contributed by atoms with E-state index in [4.69, 9.17) is 4.74 Å². The van der Waals surface area contributed by atoms with E-state index in [1.807, 2.05) is 0 Å². The first kappa shape index (κ1) is 15.2. The minimum absolute atomic E-state index is 0.460. The molecule has 0 aliphatic carbocycles. The molecular formula is C16H27NO. The average molecular weight is 249 g/mol. The van der Waals surface area contributed by atoms with Crippen LogP contribution >= 0.6 is 0 Å². The normalized spacial score (nSPS) is 12.6. The first-order chi connectivity index (χ1) is 8.81. The summed E-state index contributed by atoms with van der Waals surface area (Å²) in [5, 5.41) is 3.57. The van der Waals surface area contributed by atoms with Gasteiger partial charge in [0.15, 0.2) is 0 Å². The summed E-state index contributed by atoms with van der Waals surface area (Å²) in [6.45, 7) is 6.25. The number of hydrogen-bond donors (Lipinski definition) is 1. The third-order valence-electron chi connectivity index (χ3n) is 3.18. The Kier molecular flexibility index (Phi) is 7.70. The molecule has 0 amide bonds. The third kappa shape index (κ3) is 5.19. The van der Waals surface area contributed by atoms with Crippen molar-refractivity contribution in [2.75, 3.05) is 20.3 Å². The summed E-state index contributed by atoms with van der Waals surface area (Å²) in [5.41, 5.74) is 2.86. The summed E-state index contributed by atoms with van der Waals surface area (Å²) < 4.78 is 5.14. The summed E-state index contributed by atoms with van der Waals surface area (Å²) in [7, 11) is 1.77. The largest absolute Gasteiger partial charge is 0.385 e. The molecule has 0 heterocycles. The molecule has 0 fully saturated rings. The number of ether oxygens (including phenoxy) is 1. The van der Waals surface area contributed by atoms with Crippen LogP contribution in [-0.4, -0.2) is 20.3 Å². The van der Waals surface area contributed by atoms with Crippen molar-refractivity contribution in [1.82, 2.24) is 5.32 Å². The van der Waals surface area contributed by atoms with Crippen LogP contribution in [0.3, 0.4) is 0 Å². The fourth-order valence-corrected chi connectivity index (χ4v) is 2.32. The van der Waals surface area contributed by atoms with E-state index in [0.717, 1.165) is 26.0 Å². The molecule has 1 rings (SSSR count). The Morgan fingerprint density at radius 3 is 2.78 bits per heavy atom. The Balaban J connectivity index is 2.67. The molecule has 102 valence electrons. The second-order valence-electron chi connectivity index (χ2n) is 4.74. The minimum Gasteiger partial charge on any atom is -0.385 e. The summed E-state index contributed by atoms with van der Waals surface area (Å²) in [6.07, 6.45) is 4.62. The second kappa shape index (κ2) is 9.12. The Hall–Kier alpha value is -0.860. The van der Waals surface area contributed by atoms with Crippen LogP contribution in [0.2, 0.25) is 0 Å². The van der Waals surface area contributed by atoms with E-state index in [0.29, 0.717) is 6.04 Å². The lowest BCUT2D eigenvalue weighted by Crippen LogP contribution is -2.21. The van der Waals surface area contributed by atoms with Gasteiger partial charge in [-0.1, -0.05) is 44.5 Å². The molecule has 2 nitrogen and oxygen atoms in total. The maximum atomic E-state index is 5.14. The van der Waals surface area contributed by atoms with Gasteiger partial charge in [-0.25, -0.2) is 0 Å². The van der Waals surface area contributed by atoms with E-state index < -0.39 is 0 Å². The maximum Gasteiger partial charge on any atom is 0.0462 e. The van der Waals surface area contributed by atoms with Gasteiger partial charge in [-0.2, -0.15) is 0 Å². The Morgan fingerprint density at radius 1 is 1.28 bits per heavy atom. The zero-order chi connectivity index (χ0) is 13.2. The lowest BCUT2D eigenvalue weighted by atomic mass is 9.98. The number of nitrogens with one attached hydrogen (secondary N) is 1. The average Bonchev–Trinajstić information content (AvgIpc) is 2.39. The van der Waals surface area contributed by atoms with Gasteiger partial charge < -0.3 is 10.1 Å². The molecule has 1 aromatic rings. The predicted octanol–water partition coefficient (Wildman–Crippen LogP) is 3.72. The van der Waals surface area contributed by atoms with Crippen LogP contribution in [-0.2, 0) is 11.2 Å². The molecule has 0 radical (unpaired) electrons. The third-order valence-corrected chi connectivity index (χ3v) is 3.18. The molecule has 1 N–H and O–H groups in total. The molecule has 2 heteroatoms. The zero-order valence-corrected chi connectivity index (χ0v) is 12.0. The SMILES string of the molecule is CCCc1cccc(C(CCCOC)NCC)c1. The van der Waals surface area contributed by atoms with Crippen molar-refractivity contribution in [3.63, 3.8) is 0 Å². The van der Waals surface area contributed by atoms with E-state index in [1.54, 1.807) is 7.11 Å². The topological polar surface area (TPSA) is 21.3 Å². The number of rotatable bonds is 9. The van der Waals surface area contributed by atoms with Gasteiger partial charge in [0.1, 0.15) is 0 Å². The minimum atomic E-state index is 0.460. The zero-order valence-electron chi connectivity index (χ0n) is 12.0. The number of hydrogen-bond acceptors (Lipinski definition) is 2. The summed E-state index contributed by atoms with van der Waals surface area (Å²) >= 11 is 0. The van der Waals surface area contributed by atoms with Gasteiger partial charge in [-0.3, -0.25) is 0 Å². The number of benzene rings is 1. The second-order valence-corrected chi connectivity index (χ2v) is 4.74. The standard InChI is InChI=1S/C16H27NO/c1-4-8-14-9-6-10-15(13-14)16(17-5-2)11-7-12-18-3/h6,9-10,13,16-17H,4-5,7-8,11-12H2,1-3H3. The quantitative estimate of drug-likeness (QED) is 0.674. The van der Waals surface area contributed by atoms with E-state index in [1.165, 1.54) is 24.0 Å². The van der Waals surface area contributed by atoms with E-state index >= 15 is 0 Å². The molecule has 0 saturated heterocycles. The maximum absolute atomic E-state index is 5.14. The molecule has 1 aromatic carbocycles. The molecule has 0 bridgehead atoms. The summed E-state index contributed by atoms with van der Waals surface area (Å²) in [4.78, 5) is 0. The van der Waals surface area contributed by atoms with Crippen LogP contribution in [0.15, 0.2) is 24.3 Å². The number of aryl methyl sites for hydroxylation is 1. The Bertz CT molecular complexity index is 325. The lowest BCUT2D eigenvalue weighted by Gasteiger charge is -2.19. The van der Waals surface area contributed by atoms with Gasteiger partial charge in [-0.05, 0) is 36.9 Å². The smallest absolute Gasteiger partial charge is 0.0462 e. The molecule has 0 aliphatic rings. The van der Waals surface area contributed by atoms with Crippen molar-refractivity contribution >= 4 is 0 Å². The summed E-state index contributed by atoms with van der Waals surface area (Å²) in [5.74, 6) is 0. The van der Waals surface area contributed by atoms with Crippen molar-refractivity contribution < 1.29 is 4.74 Å². The highest BCUT2D eigenvalue weighted by Crippen LogP contribution is 2.20. The molecule has 1 unspecified atom stereocenters. The van der Waals surface area contributed by atoms with Crippen LogP contribution in [0.5, 0.6) is 0 Å². The fourth-order valence-electron chi connectivity index (χ4n) is 2.32. The molecule has 0 saturated carbocycles. The van der Waals surface area contributed by atoms with Crippen LogP contribution in [0, 0.1) is 0 Å². The highest BCUT2D eigenvalue weighted by molar-refractivity contribution is 5.26. The predicted molar refractivity (Wildman–Crippen MR) is 78.0 cm³/mol. The van der Waals surface area contributed by atoms with E-state index in [9.17, 15) is 0 Å². The van der Waals surface area contributed by atoms with Crippen molar-refractivity contribution in [1.29, 1.82) is 0 Å². The first-order valence-corrected chi connectivity index (χ1v) is 7.13. The van der Waals surface area contributed by atoms with Gasteiger partial charge in [0.05, 0.1) is 0 Å². The summed E-state index contributed by atoms with van der Waals surface area (Å²) in [6, 6.07) is 9.46. The van der Waals surface area contributed by atoms with Crippen molar-refractivity contribution in [3.8, 4) is 0 Å². The van der Waals surface area contributed by atoms with Gasteiger partial charge in [0, 0.05) is 19.8 Å². The van der Waals surface area contributed by atoms with Crippen molar-refractivity contribution in [3.05, 3.63) is 35.4 Å². The van der Waals surface area contributed by atoms with E-state index in [2.05, 4.69) is 43.4 Å². The highest BCUT2D eigenvalue weighted by Gasteiger charge is 2.10. The fraction of sp³-hybridized carbons (Fsp3) is 0.625. The molecule has 0 aliphatic heterocycles. The van der Waals surface area contributed by atoms with Crippen LogP contribution in [0.4, 0.5) is 0 Å². The van der Waals surface area contributed by atoms with Gasteiger partial charge in [0.2, 0.25) is 0 Å². The lowest BCUT2D eigenvalue weighted by molar-refractivity contribution is 0.189. The highest BCUT2D eigenvalue weighted by atomic mass is 16.5. The molecule has 0 spiro atoms.